The highest BCUT2D eigenvalue weighted by Crippen LogP contribution is 2.39. The smallest absolute Gasteiger partial charge is 0.231 e. The SMILES string of the molecule is CC1Cc2cc3c(cc2CN1CCCCCCCCN1Cc2cc4c(cc2CC1C)OCO4)OCO3.Cl.Cl. The molecule has 2 unspecified atom stereocenters. The van der Waals surface area contributed by atoms with Crippen LogP contribution in [0.4, 0.5) is 0 Å². The molecule has 210 valence electrons. The number of fused-ring (bicyclic) bond motifs is 4. The number of halogens is 2. The van der Waals surface area contributed by atoms with E-state index in [4.69, 9.17) is 18.9 Å². The van der Waals surface area contributed by atoms with Crippen LogP contribution in [0.15, 0.2) is 24.3 Å². The van der Waals surface area contributed by atoms with E-state index in [1.165, 1.54) is 73.9 Å². The van der Waals surface area contributed by atoms with Crippen molar-refractivity contribution in [1.29, 1.82) is 0 Å². The summed E-state index contributed by atoms with van der Waals surface area (Å²) in [4.78, 5) is 5.29. The Hall–Kier alpha value is -1.86. The number of hydrogen-bond acceptors (Lipinski definition) is 6. The molecule has 0 fully saturated rings. The van der Waals surface area contributed by atoms with E-state index < -0.39 is 0 Å². The second-order valence-electron chi connectivity index (χ2n) is 11.1. The highest BCUT2D eigenvalue weighted by Gasteiger charge is 2.27. The number of benzene rings is 2. The molecule has 38 heavy (non-hydrogen) atoms. The van der Waals surface area contributed by atoms with E-state index in [9.17, 15) is 0 Å². The first kappa shape index (κ1) is 29.1. The third-order valence-corrected chi connectivity index (χ3v) is 8.55. The van der Waals surface area contributed by atoms with Crippen molar-refractivity contribution < 1.29 is 18.9 Å². The molecule has 6 rings (SSSR count). The van der Waals surface area contributed by atoms with Gasteiger partial charge in [0, 0.05) is 25.2 Å². The summed E-state index contributed by atoms with van der Waals surface area (Å²) in [7, 11) is 0. The van der Waals surface area contributed by atoms with Crippen LogP contribution in [0.2, 0.25) is 0 Å². The van der Waals surface area contributed by atoms with Crippen LogP contribution in [-0.2, 0) is 25.9 Å². The lowest BCUT2D eigenvalue weighted by Gasteiger charge is -2.35. The minimum atomic E-state index is 0. The van der Waals surface area contributed by atoms with Gasteiger partial charge in [0.05, 0.1) is 0 Å². The van der Waals surface area contributed by atoms with Gasteiger partial charge >= 0.3 is 0 Å². The molecule has 0 bridgehead atoms. The molecule has 0 N–H and O–H groups in total. The molecular weight excluding hydrogens is 523 g/mol. The lowest BCUT2D eigenvalue weighted by Crippen LogP contribution is -2.39. The molecule has 2 atom stereocenters. The predicted octanol–water partition coefficient (Wildman–Crippen LogP) is 6.52. The maximum absolute atomic E-state index is 5.59. The molecule has 4 aliphatic rings. The van der Waals surface area contributed by atoms with Crippen LogP contribution in [-0.4, -0.2) is 48.6 Å². The van der Waals surface area contributed by atoms with Crippen LogP contribution in [0.25, 0.3) is 0 Å². The number of unbranched alkanes of at least 4 members (excludes halogenated alkanes) is 5. The Labute approximate surface area is 239 Å². The van der Waals surface area contributed by atoms with Gasteiger partial charge in [0.2, 0.25) is 13.6 Å². The first-order valence-electron chi connectivity index (χ1n) is 13.9. The minimum Gasteiger partial charge on any atom is -0.454 e. The van der Waals surface area contributed by atoms with Crippen molar-refractivity contribution in [1.82, 2.24) is 9.80 Å². The topological polar surface area (TPSA) is 43.4 Å². The van der Waals surface area contributed by atoms with Crippen molar-refractivity contribution in [2.75, 3.05) is 26.7 Å². The third kappa shape index (κ3) is 6.30. The molecule has 2 aromatic carbocycles. The molecule has 4 heterocycles. The molecule has 8 heteroatoms. The molecule has 0 saturated heterocycles. The van der Waals surface area contributed by atoms with Gasteiger partial charge in [-0.25, -0.2) is 0 Å². The molecule has 4 aliphatic heterocycles. The quantitative estimate of drug-likeness (QED) is 0.323. The van der Waals surface area contributed by atoms with Crippen molar-refractivity contribution in [2.45, 2.75) is 90.4 Å². The Balaban J connectivity index is 0.00000168. The van der Waals surface area contributed by atoms with E-state index in [1.807, 2.05) is 0 Å². The van der Waals surface area contributed by atoms with Crippen molar-refractivity contribution >= 4 is 24.8 Å². The van der Waals surface area contributed by atoms with Crippen molar-refractivity contribution in [3.63, 3.8) is 0 Å². The molecule has 6 nitrogen and oxygen atoms in total. The fraction of sp³-hybridized carbons (Fsp3) is 0.600. The van der Waals surface area contributed by atoms with E-state index in [0.717, 1.165) is 48.9 Å². The summed E-state index contributed by atoms with van der Waals surface area (Å²) >= 11 is 0. The Kier molecular flexibility index (Phi) is 9.96. The summed E-state index contributed by atoms with van der Waals surface area (Å²) in [6.07, 6.45) is 10.2. The van der Waals surface area contributed by atoms with Crippen LogP contribution in [0.5, 0.6) is 23.0 Å². The Morgan fingerprint density at radius 3 is 1.29 bits per heavy atom. The fourth-order valence-electron chi connectivity index (χ4n) is 6.31. The number of ether oxygens (including phenoxy) is 4. The molecule has 0 amide bonds. The lowest BCUT2D eigenvalue weighted by atomic mass is 9.93. The number of rotatable bonds is 9. The molecule has 2 aromatic rings. The summed E-state index contributed by atoms with van der Waals surface area (Å²) in [6.45, 7) is 9.89. The number of nitrogens with zero attached hydrogens (tertiary/aromatic N) is 2. The van der Waals surface area contributed by atoms with Gasteiger partial charge < -0.3 is 18.9 Å². The molecule has 0 aliphatic carbocycles. The summed E-state index contributed by atoms with van der Waals surface area (Å²) in [5.74, 6) is 3.67. The summed E-state index contributed by atoms with van der Waals surface area (Å²) in [5, 5.41) is 0. The van der Waals surface area contributed by atoms with Gasteiger partial charge in [-0.1, -0.05) is 25.7 Å². The van der Waals surface area contributed by atoms with Gasteiger partial charge in [-0.2, -0.15) is 0 Å². The normalized spacial score (nSPS) is 21.3. The van der Waals surface area contributed by atoms with Gasteiger partial charge in [0.1, 0.15) is 0 Å². The van der Waals surface area contributed by atoms with Crippen LogP contribution in [0.3, 0.4) is 0 Å². The third-order valence-electron chi connectivity index (χ3n) is 8.55. The highest BCUT2D eigenvalue weighted by atomic mass is 35.5. The van der Waals surface area contributed by atoms with Gasteiger partial charge in [-0.05, 0) is 99.1 Å². The van der Waals surface area contributed by atoms with Crippen LogP contribution >= 0.6 is 24.8 Å². The highest BCUT2D eigenvalue weighted by molar-refractivity contribution is 5.85. The summed E-state index contributed by atoms with van der Waals surface area (Å²) in [6, 6.07) is 9.98. The van der Waals surface area contributed by atoms with Crippen molar-refractivity contribution in [2.24, 2.45) is 0 Å². The van der Waals surface area contributed by atoms with Gasteiger partial charge in [-0.15, -0.1) is 24.8 Å². The molecule has 0 aromatic heterocycles. The second-order valence-corrected chi connectivity index (χ2v) is 11.1. The maximum Gasteiger partial charge on any atom is 0.231 e. The van der Waals surface area contributed by atoms with Crippen LogP contribution in [0, 0.1) is 0 Å². The maximum atomic E-state index is 5.59. The molecule has 0 saturated carbocycles. The summed E-state index contributed by atoms with van der Waals surface area (Å²) < 4.78 is 22.3. The predicted molar refractivity (Wildman–Crippen MR) is 154 cm³/mol. The standard InChI is InChI=1S/C30H40N2O4.2ClH/c1-21-11-23-13-27-29(35-19-33-27)15-25(23)17-31(21)9-7-5-3-4-6-8-10-32-18-26-16-30-28(34-20-36-30)14-24(26)12-22(32)2;;/h13-16,21-22H,3-12,17-20H2,1-2H3;2*1H. The van der Waals surface area contributed by atoms with E-state index >= 15 is 0 Å². The van der Waals surface area contributed by atoms with Crippen LogP contribution in [0.1, 0.15) is 74.6 Å². The molecule has 0 radical (unpaired) electrons. The van der Waals surface area contributed by atoms with Gasteiger partial charge in [-0.3, -0.25) is 9.80 Å². The van der Waals surface area contributed by atoms with Crippen molar-refractivity contribution in [3.8, 4) is 23.0 Å². The monoisotopic (exact) mass is 564 g/mol. The largest absolute Gasteiger partial charge is 0.454 e. The summed E-state index contributed by atoms with van der Waals surface area (Å²) in [5.41, 5.74) is 5.69. The zero-order valence-corrected chi connectivity index (χ0v) is 24.3. The average molecular weight is 566 g/mol. The van der Waals surface area contributed by atoms with Gasteiger partial charge in [0.25, 0.3) is 0 Å². The zero-order chi connectivity index (χ0) is 24.5. The first-order chi connectivity index (χ1) is 17.6. The van der Waals surface area contributed by atoms with E-state index in [2.05, 4.69) is 47.9 Å². The van der Waals surface area contributed by atoms with Crippen LogP contribution < -0.4 is 18.9 Å². The van der Waals surface area contributed by atoms with Crippen molar-refractivity contribution in [3.05, 3.63) is 46.5 Å². The first-order valence-corrected chi connectivity index (χ1v) is 13.9. The average Bonchev–Trinajstić information content (AvgIpc) is 3.52. The van der Waals surface area contributed by atoms with E-state index in [0.29, 0.717) is 25.7 Å². The van der Waals surface area contributed by atoms with E-state index in [1.54, 1.807) is 0 Å². The Bertz CT molecular complexity index is 1010. The Morgan fingerprint density at radius 1 is 0.553 bits per heavy atom. The fourth-order valence-corrected chi connectivity index (χ4v) is 6.31. The lowest BCUT2D eigenvalue weighted by molar-refractivity contribution is 0.173. The van der Waals surface area contributed by atoms with Gasteiger partial charge in [0.15, 0.2) is 23.0 Å². The minimum absolute atomic E-state index is 0. The molecular formula is C30H42Cl2N2O4. The number of hydrogen-bond donors (Lipinski definition) is 0. The Morgan fingerprint density at radius 2 is 0.895 bits per heavy atom. The molecule has 0 spiro atoms. The van der Waals surface area contributed by atoms with E-state index in [-0.39, 0.29) is 24.8 Å². The second kappa shape index (κ2) is 13.0. The zero-order valence-electron chi connectivity index (χ0n) is 22.7.